The van der Waals surface area contributed by atoms with E-state index < -0.39 is 4.92 Å². The number of nitrogens with one attached hydrogen (secondary N) is 1. The van der Waals surface area contributed by atoms with E-state index in [-0.39, 0.29) is 5.69 Å². The van der Waals surface area contributed by atoms with E-state index in [1.807, 2.05) is 0 Å². The van der Waals surface area contributed by atoms with Crippen molar-refractivity contribution in [3.8, 4) is 5.75 Å². The fourth-order valence-electron chi connectivity index (χ4n) is 2.06. The molecule has 0 saturated carbocycles. The predicted molar refractivity (Wildman–Crippen MR) is 79.5 cm³/mol. The van der Waals surface area contributed by atoms with Crippen molar-refractivity contribution in [3.63, 3.8) is 0 Å². The van der Waals surface area contributed by atoms with Crippen LogP contribution >= 0.6 is 0 Å². The van der Waals surface area contributed by atoms with Crippen LogP contribution in [-0.4, -0.2) is 21.6 Å². The number of ether oxygens (including phenoxy) is 1. The highest BCUT2D eigenvalue weighted by Gasteiger charge is 2.11. The summed E-state index contributed by atoms with van der Waals surface area (Å²) in [6.45, 7) is 3.60. The molecule has 0 saturated heterocycles. The van der Waals surface area contributed by atoms with E-state index in [9.17, 15) is 10.1 Å². The summed E-state index contributed by atoms with van der Waals surface area (Å²) in [5.74, 6) is 0.450. The predicted octanol–water partition coefficient (Wildman–Crippen LogP) is 2.82. The average Bonchev–Trinajstić information content (AvgIpc) is 2.92. The first-order valence-corrected chi connectivity index (χ1v) is 6.71. The van der Waals surface area contributed by atoms with Crippen molar-refractivity contribution in [2.24, 2.45) is 0 Å². The van der Waals surface area contributed by atoms with Gasteiger partial charge in [0.25, 0.3) is 5.69 Å². The number of nitro benzene ring substituents is 1. The van der Waals surface area contributed by atoms with E-state index in [2.05, 4.69) is 21.8 Å². The van der Waals surface area contributed by atoms with E-state index in [1.165, 1.54) is 19.2 Å². The van der Waals surface area contributed by atoms with Crippen LogP contribution in [0.15, 0.2) is 30.7 Å². The molecular weight excluding hydrogens is 272 g/mol. The molecule has 0 spiro atoms. The molecule has 0 fully saturated rings. The van der Waals surface area contributed by atoms with Gasteiger partial charge in [0.05, 0.1) is 42.4 Å². The number of rotatable bonds is 7. The SMILES string of the molecule is CCCn1cncc1CNc1ccc([N+](=O)[O-])cc1OC. The molecule has 1 N–H and O–H groups in total. The van der Waals surface area contributed by atoms with E-state index in [0.29, 0.717) is 18.0 Å². The highest BCUT2D eigenvalue weighted by molar-refractivity contribution is 5.60. The van der Waals surface area contributed by atoms with Crippen LogP contribution in [0.25, 0.3) is 0 Å². The van der Waals surface area contributed by atoms with Gasteiger partial charge in [0.1, 0.15) is 5.75 Å². The van der Waals surface area contributed by atoms with E-state index in [0.717, 1.165) is 18.7 Å². The maximum atomic E-state index is 10.8. The van der Waals surface area contributed by atoms with Gasteiger partial charge in [-0.15, -0.1) is 0 Å². The monoisotopic (exact) mass is 290 g/mol. The first kappa shape index (κ1) is 14.8. The van der Waals surface area contributed by atoms with Gasteiger partial charge < -0.3 is 14.6 Å². The van der Waals surface area contributed by atoms with Crippen LogP contribution < -0.4 is 10.1 Å². The summed E-state index contributed by atoms with van der Waals surface area (Å²) in [7, 11) is 1.49. The van der Waals surface area contributed by atoms with Crippen molar-refractivity contribution in [3.05, 3.63) is 46.5 Å². The molecule has 0 radical (unpaired) electrons. The average molecular weight is 290 g/mol. The number of benzene rings is 1. The third kappa shape index (κ3) is 3.50. The molecule has 0 bridgehead atoms. The number of non-ortho nitro benzene ring substituents is 1. The van der Waals surface area contributed by atoms with Gasteiger partial charge in [-0.25, -0.2) is 4.98 Å². The summed E-state index contributed by atoms with van der Waals surface area (Å²) in [5, 5.41) is 14.0. The van der Waals surface area contributed by atoms with Crippen LogP contribution in [0.3, 0.4) is 0 Å². The molecule has 0 aliphatic carbocycles. The highest BCUT2D eigenvalue weighted by atomic mass is 16.6. The number of nitrogens with zero attached hydrogens (tertiary/aromatic N) is 3. The molecule has 2 aromatic rings. The highest BCUT2D eigenvalue weighted by Crippen LogP contribution is 2.29. The quantitative estimate of drug-likeness (QED) is 0.626. The Morgan fingerprint density at radius 3 is 2.95 bits per heavy atom. The summed E-state index contributed by atoms with van der Waals surface area (Å²) in [6.07, 6.45) is 4.64. The van der Waals surface area contributed by atoms with Crippen LogP contribution in [0.5, 0.6) is 5.75 Å². The van der Waals surface area contributed by atoms with Gasteiger partial charge in [-0.05, 0) is 12.5 Å². The maximum Gasteiger partial charge on any atom is 0.273 e. The van der Waals surface area contributed by atoms with Crippen molar-refractivity contribution in [1.29, 1.82) is 0 Å². The lowest BCUT2D eigenvalue weighted by atomic mass is 10.2. The topological polar surface area (TPSA) is 82.2 Å². The third-order valence-electron chi connectivity index (χ3n) is 3.12. The van der Waals surface area contributed by atoms with Crippen LogP contribution in [-0.2, 0) is 13.1 Å². The van der Waals surface area contributed by atoms with Gasteiger partial charge >= 0.3 is 0 Å². The molecule has 112 valence electrons. The zero-order chi connectivity index (χ0) is 15.2. The Morgan fingerprint density at radius 2 is 2.29 bits per heavy atom. The Balaban J connectivity index is 2.12. The zero-order valence-corrected chi connectivity index (χ0v) is 12.1. The van der Waals surface area contributed by atoms with E-state index in [4.69, 9.17) is 4.74 Å². The van der Waals surface area contributed by atoms with Gasteiger partial charge in [-0.3, -0.25) is 10.1 Å². The van der Waals surface area contributed by atoms with Gasteiger partial charge in [0.2, 0.25) is 0 Å². The first-order valence-electron chi connectivity index (χ1n) is 6.71. The molecule has 0 unspecified atom stereocenters. The number of hydrogen-bond donors (Lipinski definition) is 1. The molecular formula is C14H18N4O3. The van der Waals surface area contributed by atoms with Gasteiger partial charge in [0.15, 0.2) is 0 Å². The molecule has 2 rings (SSSR count). The summed E-state index contributed by atoms with van der Waals surface area (Å²) in [5.41, 5.74) is 1.78. The Kier molecular flexibility index (Phi) is 4.76. The van der Waals surface area contributed by atoms with Crippen molar-refractivity contribution < 1.29 is 9.66 Å². The minimum atomic E-state index is -0.442. The molecule has 1 aromatic carbocycles. The molecule has 21 heavy (non-hydrogen) atoms. The molecule has 1 heterocycles. The van der Waals surface area contributed by atoms with Gasteiger partial charge in [0, 0.05) is 18.8 Å². The number of hydrogen-bond acceptors (Lipinski definition) is 5. The van der Waals surface area contributed by atoms with Crippen molar-refractivity contribution in [2.75, 3.05) is 12.4 Å². The number of imidazole rings is 1. The van der Waals surface area contributed by atoms with Crippen molar-refractivity contribution in [1.82, 2.24) is 9.55 Å². The standard InChI is InChI=1S/C14H18N4O3/c1-3-6-17-10-15-8-12(17)9-16-13-5-4-11(18(19)20)7-14(13)21-2/h4-5,7-8,10,16H,3,6,9H2,1-2H3. The molecule has 0 aliphatic heterocycles. The number of aryl methyl sites for hydroxylation is 1. The molecule has 1 aromatic heterocycles. The minimum absolute atomic E-state index is 0.00780. The number of nitro groups is 1. The second-order valence-corrected chi connectivity index (χ2v) is 4.57. The summed E-state index contributed by atoms with van der Waals surface area (Å²) >= 11 is 0. The summed E-state index contributed by atoms with van der Waals surface area (Å²) in [6, 6.07) is 4.51. The lowest BCUT2D eigenvalue weighted by Gasteiger charge is -2.12. The molecule has 0 atom stereocenters. The van der Waals surface area contributed by atoms with Crippen molar-refractivity contribution >= 4 is 11.4 Å². The van der Waals surface area contributed by atoms with Crippen LogP contribution in [0.4, 0.5) is 11.4 Å². The Morgan fingerprint density at radius 1 is 1.48 bits per heavy atom. The largest absolute Gasteiger partial charge is 0.494 e. The summed E-state index contributed by atoms with van der Waals surface area (Å²) in [4.78, 5) is 14.5. The lowest BCUT2D eigenvalue weighted by molar-refractivity contribution is -0.384. The smallest absolute Gasteiger partial charge is 0.273 e. The van der Waals surface area contributed by atoms with Crippen LogP contribution in [0, 0.1) is 10.1 Å². The fraction of sp³-hybridized carbons (Fsp3) is 0.357. The molecule has 0 amide bonds. The Labute approximate surface area is 122 Å². The van der Waals surface area contributed by atoms with Gasteiger partial charge in [-0.1, -0.05) is 6.92 Å². The molecule has 7 nitrogen and oxygen atoms in total. The maximum absolute atomic E-state index is 10.8. The van der Waals surface area contributed by atoms with Crippen LogP contribution in [0.1, 0.15) is 19.0 Å². The second kappa shape index (κ2) is 6.74. The fourth-order valence-corrected chi connectivity index (χ4v) is 2.06. The van der Waals surface area contributed by atoms with E-state index >= 15 is 0 Å². The first-order chi connectivity index (χ1) is 10.2. The van der Waals surface area contributed by atoms with Gasteiger partial charge in [-0.2, -0.15) is 0 Å². The second-order valence-electron chi connectivity index (χ2n) is 4.57. The number of aromatic nitrogens is 2. The minimum Gasteiger partial charge on any atom is -0.494 e. The van der Waals surface area contributed by atoms with E-state index in [1.54, 1.807) is 18.6 Å². The Hall–Kier alpha value is -2.57. The Bertz CT molecular complexity index is 624. The lowest BCUT2D eigenvalue weighted by Crippen LogP contribution is -2.07. The van der Waals surface area contributed by atoms with Crippen LogP contribution in [0.2, 0.25) is 0 Å². The number of anilines is 1. The molecule has 7 heteroatoms. The van der Waals surface area contributed by atoms with Crippen molar-refractivity contribution in [2.45, 2.75) is 26.4 Å². The normalized spacial score (nSPS) is 10.4. The number of methoxy groups -OCH3 is 1. The summed E-state index contributed by atoms with van der Waals surface area (Å²) < 4.78 is 7.27. The zero-order valence-electron chi connectivity index (χ0n) is 12.1. The molecule has 0 aliphatic rings. The third-order valence-corrected chi connectivity index (χ3v) is 3.12.